The third kappa shape index (κ3) is 2.12. The van der Waals surface area contributed by atoms with Gasteiger partial charge in [-0.15, -0.1) is 0 Å². The van der Waals surface area contributed by atoms with E-state index < -0.39 is 0 Å². The van der Waals surface area contributed by atoms with Crippen LogP contribution in [0.5, 0.6) is 0 Å². The highest BCUT2D eigenvalue weighted by atomic mass is 35.5. The highest BCUT2D eigenvalue weighted by molar-refractivity contribution is 6.33. The molecule has 0 atom stereocenters. The lowest BCUT2D eigenvalue weighted by Crippen LogP contribution is -1.93. The smallest absolute Gasteiger partial charge is 0.161 e. The standard InChI is InChI=1S/C17H10ClN3/c18-16-15-14(6-3-9-19-15)20-17(21-16)13-8-7-11-4-1-2-5-12(11)10-13/h1-10H. The Labute approximate surface area is 126 Å². The summed E-state index contributed by atoms with van der Waals surface area (Å²) in [6.45, 7) is 0. The van der Waals surface area contributed by atoms with E-state index in [2.05, 4.69) is 39.2 Å². The molecule has 100 valence electrons. The van der Waals surface area contributed by atoms with Crippen LogP contribution in [0.15, 0.2) is 60.8 Å². The number of aromatic nitrogens is 3. The van der Waals surface area contributed by atoms with E-state index in [1.54, 1.807) is 6.20 Å². The molecule has 0 N–H and O–H groups in total. The second-order valence-corrected chi connectivity index (χ2v) is 5.13. The SMILES string of the molecule is Clc1nc(-c2ccc3ccccc3c2)nc2cccnc12. The number of hydrogen-bond acceptors (Lipinski definition) is 3. The van der Waals surface area contributed by atoms with Gasteiger partial charge < -0.3 is 0 Å². The summed E-state index contributed by atoms with van der Waals surface area (Å²) in [4.78, 5) is 13.1. The van der Waals surface area contributed by atoms with E-state index in [1.165, 1.54) is 5.39 Å². The van der Waals surface area contributed by atoms with Crippen molar-refractivity contribution in [3.05, 3.63) is 65.9 Å². The number of fused-ring (bicyclic) bond motifs is 2. The largest absolute Gasteiger partial charge is 0.251 e. The van der Waals surface area contributed by atoms with Gasteiger partial charge in [-0.1, -0.05) is 48.0 Å². The van der Waals surface area contributed by atoms with Crippen LogP contribution >= 0.6 is 11.6 Å². The topological polar surface area (TPSA) is 38.7 Å². The summed E-state index contributed by atoms with van der Waals surface area (Å²) in [6, 6.07) is 18.1. The van der Waals surface area contributed by atoms with Crippen LogP contribution in [0.1, 0.15) is 0 Å². The molecule has 2 aromatic carbocycles. The molecule has 0 amide bonds. The third-order valence-corrected chi connectivity index (χ3v) is 3.68. The van der Waals surface area contributed by atoms with Crippen LogP contribution in [0, 0.1) is 0 Å². The first-order valence-corrected chi connectivity index (χ1v) is 6.96. The Bertz CT molecular complexity index is 966. The zero-order chi connectivity index (χ0) is 14.2. The normalized spacial score (nSPS) is 11.1. The van der Waals surface area contributed by atoms with Crippen LogP contribution in [0.25, 0.3) is 33.2 Å². The molecule has 2 heterocycles. The maximum atomic E-state index is 6.22. The monoisotopic (exact) mass is 291 g/mol. The first kappa shape index (κ1) is 12.2. The maximum absolute atomic E-state index is 6.22. The Morgan fingerprint density at radius 2 is 1.67 bits per heavy atom. The lowest BCUT2D eigenvalue weighted by Gasteiger charge is -2.05. The number of rotatable bonds is 1. The van der Waals surface area contributed by atoms with Gasteiger partial charge in [-0.3, -0.25) is 4.98 Å². The van der Waals surface area contributed by atoms with E-state index in [1.807, 2.05) is 30.3 Å². The minimum absolute atomic E-state index is 0.378. The quantitative estimate of drug-likeness (QED) is 0.485. The molecule has 4 aromatic rings. The molecule has 0 aliphatic carbocycles. The van der Waals surface area contributed by atoms with Crippen LogP contribution in [0.4, 0.5) is 0 Å². The first-order chi connectivity index (χ1) is 10.3. The van der Waals surface area contributed by atoms with Crippen molar-refractivity contribution in [2.45, 2.75) is 0 Å². The fourth-order valence-corrected chi connectivity index (χ4v) is 2.61. The van der Waals surface area contributed by atoms with Crippen molar-refractivity contribution in [3.8, 4) is 11.4 Å². The van der Waals surface area contributed by atoms with Crippen molar-refractivity contribution in [1.29, 1.82) is 0 Å². The van der Waals surface area contributed by atoms with Gasteiger partial charge in [-0.2, -0.15) is 0 Å². The fourth-order valence-electron chi connectivity index (χ4n) is 2.39. The lowest BCUT2D eigenvalue weighted by molar-refractivity contribution is 1.20. The molecule has 2 aromatic heterocycles. The summed E-state index contributed by atoms with van der Waals surface area (Å²) in [6.07, 6.45) is 1.69. The Balaban J connectivity index is 1.95. The highest BCUT2D eigenvalue weighted by Crippen LogP contribution is 2.25. The van der Waals surface area contributed by atoms with Gasteiger partial charge in [-0.25, -0.2) is 9.97 Å². The van der Waals surface area contributed by atoms with Crippen LogP contribution in [-0.4, -0.2) is 15.0 Å². The van der Waals surface area contributed by atoms with E-state index in [4.69, 9.17) is 11.6 Å². The maximum Gasteiger partial charge on any atom is 0.161 e. The van der Waals surface area contributed by atoms with Crippen LogP contribution < -0.4 is 0 Å². The minimum atomic E-state index is 0.378. The number of halogens is 1. The Morgan fingerprint density at radius 1 is 0.810 bits per heavy atom. The summed E-state index contributed by atoms with van der Waals surface area (Å²) in [7, 11) is 0. The summed E-state index contributed by atoms with van der Waals surface area (Å²) >= 11 is 6.22. The van der Waals surface area contributed by atoms with Crippen LogP contribution in [0.3, 0.4) is 0 Å². The van der Waals surface area contributed by atoms with E-state index >= 15 is 0 Å². The average molecular weight is 292 g/mol. The molecule has 0 unspecified atom stereocenters. The molecule has 0 aliphatic heterocycles. The van der Waals surface area contributed by atoms with Gasteiger partial charge in [-0.05, 0) is 29.0 Å². The fraction of sp³-hybridized carbons (Fsp3) is 0. The Morgan fingerprint density at radius 3 is 2.57 bits per heavy atom. The van der Waals surface area contributed by atoms with Gasteiger partial charge in [0.1, 0.15) is 5.52 Å². The van der Waals surface area contributed by atoms with Crippen molar-refractivity contribution in [2.75, 3.05) is 0 Å². The number of nitrogens with zero attached hydrogens (tertiary/aromatic N) is 3. The molecule has 0 fully saturated rings. The van der Waals surface area contributed by atoms with Crippen LogP contribution in [-0.2, 0) is 0 Å². The van der Waals surface area contributed by atoms with Gasteiger partial charge in [0, 0.05) is 11.8 Å². The summed E-state index contributed by atoms with van der Waals surface area (Å²) in [5.41, 5.74) is 2.32. The van der Waals surface area contributed by atoms with Gasteiger partial charge in [0.15, 0.2) is 11.0 Å². The van der Waals surface area contributed by atoms with E-state index in [0.29, 0.717) is 16.5 Å². The lowest BCUT2D eigenvalue weighted by atomic mass is 10.1. The second-order valence-electron chi connectivity index (χ2n) is 4.77. The number of hydrogen-bond donors (Lipinski definition) is 0. The van der Waals surface area contributed by atoms with E-state index in [0.717, 1.165) is 16.5 Å². The van der Waals surface area contributed by atoms with Crippen molar-refractivity contribution in [1.82, 2.24) is 15.0 Å². The molecule has 0 spiro atoms. The molecule has 0 saturated carbocycles. The van der Waals surface area contributed by atoms with Crippen molar-refractivity contribution in [3.63, 3.8) is 0 Å². The van der Waals surface area contributed by atoms with Gasteiger partial charge in [0.25, 0.3) is 0 Å². The summed E-state index contributed by atoms with van der Waals surface area (Å²) in [5, 5.41) is 2.72. The number of pyridine rings is 1. The number of benzene rings is 2. The highest BCUT2D eigenvalue weighted by Gasteiger charge is 2.09. The van der Waals surface area contributed by atoms with Gasteiger partial charge in [0.2, 0.25) is 0 Å². The molecular weight excluding hydrogens is 282 g/mol. The van der Waals surface area contributed by atoms with E-state index in [-0.39, 0.29) is 0 Å². The van der Waals surface area contributed by atoms with Gasteiger partial charge >= 0.3 is 0 Å². The third-order valence-electron chi connectivity index (χ3n) is 3.42. The first-order valence-electron chi connectivity index (χ1n) is 6.59. The average Bonchev–Trinajstić information content (AvgIpc) is 2.54. The van der Waals surface area contributed by atoms with Crippen LogP contribution in [0.2, 0.25) is 5.15 Å². The zero-order valence-electron chi connectivity index (χ0n) is 11.0. The van der Waals surface area contributed by atoms with Crippen molar-refractivity contribution >= 4 is 33.4 Å². The molecule has 4 heteroatoms. The second kappa shape index (κ2) is 4.79. The molecular formula is C17H10ClN3. The molecule has 0 saturated heterocycles. The predicted molar refractivity (Wildman–Crippen MR) is 85.3 cm³/mol. The zero-order valence-corrected chi connectivity index (χ0v) is 11.7. The molecule has 0 bridgehead atoms. The summed E-state index contributed by atoms with van der Waals surface area (Å²) in [5.74, 6) is 0.617. The van der Waals surface area contributed by atoms with Gasteiger partial charge in [0.05, 0.1) is 5.52 Å². The molecule has 21 heavy (non-hydrogen) atoms. The minimum Gasteiger partial charge on any atom is -0.251 e. The molecule has 0 aliphatic rings. The summed E-state index contributed by atoms with van der Waals surface area (Å²) < 4.78 is 0. The van der Waals surface area contributed by atoms with Crippen molar-refractivity contribution in [2.24, 2.45) is 0 Å². The molecule has 0 radical (unpaired) electrons. The Hall–Kier alpha value is -2.52. The van der Waals surface area contributed by atoms with E-state index in [9.17, 15) is 0 Å². The molecule has 3 nitrogen and oxygen atoms in total. The Kier molecular flexibility index (Phi) is 2.79. The molecule has 4 rings (SSSR count). The van der Waals surface area contributed by atoms with Crippen molar-refractivity contribution < 1.29 is 0 Å². The predicted octanol–water partition coefficient (Wildman–Crippen LogP) is 4.50.